The first-order valence-electron chi connectivity index (χ1n) is 5.05. The number of ether oxygens (including phenoxy) is 1. The van der Waals surface area contributed by atoms with Gasteiger partial charge < -0.3 is 15.6 Å². The zero-order chi connectivity index (χ0) is 13.9. The van der Waals surface area contributed by atoms with Gasteiger partial charge in [0.25, 0.3) is 0 Å². The minimum absolute atomic E-state index is 0.0140. The Morgan fingerprint density at radius 2 is 2.00 bits per heavy atom. The molecule has 1 aromatic carbocycles. The van der Waals surface area contributed by atoms with Crippen LogP contribution in [0, 0.1) is 11.6 Å². The third-order valence-electron chi connectivity index (χ3n) is 2.20. The molecule has 1 aromatic rings. The lowest BCUT2D eigenvalue weighted by molar-refractivity contribution is -0.147. The smallest absolute Gasteiger partial charge is 0.345 e. The van der Waals surface area contributed by atoms with Crippen molar-refractivity contribution in [3.63, 3.8) is 0 Å². The molecule has 0 saturated carbocycles. The molecule has 0 fully saturated rings. The third kappa shape index (κ3) is 2.93. The van der Waals surface area contributed by atoms with Gasteiger partial charge in [0.15, 0.2) is 6.10 Å². The molecule has 0 aliphatic rings. The maximum absolute atomic E-state index is 13.3. The fourth-order valence-electron chi connectivity index (χ4n) is 1.22. The molecule has 3 N–H and O–H groups in total. The Morgan fingerprint density at radius 3 is 2.50 bits per heavy atom. The summed E-state index contributed by atoms with van der Waals surface area (Å²) in [6, 6.07) is 1.20. The lowest BCUT2D eigenvalue weighted by Gasteiger charge is -2.12. The molecule has 1 rings (SSSR count). The lowest BCUT2D eigenvalue weighted by atomic mass is 10.2. The summed E-state index contributed by atoms with van der Waals surface area (Å²) < 4.78 is 31.0. The van der Waals surface area contributed by atoms with Crippen molar-refractivity contribution in [3.05, 3.63) is 29.3 Å². The molecule has 0 heterocycles. The Morgan fingerprint density at radius 1 is 1.39 bits per heavy atom. The first kappa shape index (κ1) is 13.9. The van der Waals surface area contributed by atoms with Gasteiger partial charge in [-0.2, -0.15) is 0 Å². The highest BCUT2D eigenvalue weighted by molar-refractivity contribution is 5.92. The number of benzene rings is 1. The molecule has 1 atom stereocenters. The molecule has 98 valence electrons. The van der Waals surface area contributed by atoms with Crippen molar-refractivity contribution in [2.45, 2.75) is 19.4 Å². The van der Waals surface area contributed by atoms with Gasteiger partial charge in [0.2, 0.25) is 0 Å². The molecule has 0 bridgehead atoms. The molecule has 5 nitrogen and oxygen atoms in total. The van der Waals surface area contributed by atoms with E-state index in [0.717, 1.165) is 0 Å². The molecule has 0 aliphatic carbocycles. The Balaban J connectivity index is 2.97. The topological polar surface area (TPSA) is 89.6 Å². The second-order valence-corrected chi connectivity index (χ2v) is 3.49. The maximum atomic E-state index is 13.3. The molecule has 1 unspecified atom stereocenters. The normalized spacial score (nSPS) is 11.9. The average molecular weight is 259 g/mol. The lowest BCUT2D eigenvalue weighted by Crippen LogP contribution is -2.26. The minimum atomic E-state index is -1.41. The number of esters is 1. The molecule has 0 radical (unpaired) electrons. The zero-order valence-corrected chi connectivity index (χ0v) is 9.44. The number of nitrogen functional groups attached to an aromatic ring is 1. The molecule has 0 aromatic heterocycles. The molecule has 7 heteroatoms. The van der Waals surface area contributed by atoms with Crippen LogP contribution in [0.15, 0.2) is 12.1 Å². The van der Waals surface area contributed by atoms with Crippen molar-refractivity contribution in [2.75, 3.05) is 5.73 Å². The van der Waals surface area contributed by atoms with Crippen LogP contribution >= 0.6 is 0 Å². The van der Waals surface area contributed by atoms with E-state index in [1.165, 1.54) is 6.92 Å². The highest BCUT2D eigenvalue weighted by Gasteiger charge is 2.23. The largest absolute Gasteiger partial charge is 0.479 e. The average Bonchev–Trinajstić information content (AvgIpc) is 2.29. The number of hydrogen-bond acceptors (Lipinski definition) is 4. The molecule has 0 amide bonds. The number of anilines is 1. The summed E-state index contributed by atoms with van der Waals surface area (Å²) in [7, 11) is 0. The van der Waals surface area contributed by atoms with Gasteiger partial charge in [-0.1, -0.05) is 6.92 Å². The van der Waals surface area contributed by atoms with Crippen LogP contribution in [-0.4, -0.2) is 23.1 Å². The zero-order valence-electron chi connectivity index (χ0n) is 9.44. The van der Waals surface area contributed by atoms with Gasteiger partial charge in [-0.15, -0.1) is 0 Å². The van der Waals surface area contributed by atoms with E-state index >= 15 is 0 Å². The van der Waals surface area contributed by atoms with E-state index in [-0.39, 0.29) is 6.42 Å². The first-order valence-corrected chi connectivity index (χ1v) is 5.05. The van der Waals surface area contributed by atoms with Crippen molar-refractivity contribution in [2.24, 2.45) is 0 Å². The monoisotopic (exact) mass is 259 g/mol. The van der Waals surface area contributed by atoms with Crippen LogP contribution in [0.3, 0.4) is 0 Å². The predicted molar refractivity (Wildman–Crippen MR) is 57.9 cm³/mol. The second-order valence-electron chi connectivity index (χ2n) is 3.49. The van der Waals surface area contributed by atoms with E-state index in [0.29, 0.717) is 12.1 Å². The fourth-order valence-corrected chi connectivity index (χ4v) is 1.22. The Kier molecular flexibility index (Phi) is 4.19. The van der Waals surface area contributed by atoms with Crippen LogP contribution in [0.4, 0.5) is 14.5 Å². The van der Waals surface area contributed by atoms with Crippen LogP contribution < -0.4 is 5.73 Å². The minimum Gasteiger partial charge on any atom is -0.479 e. The van der Waals surface area contributed by atoms with Gasteiger partial charge in [-0.3, -0.25) is 0 Å². The number of carbonyl (C=O) groups is 2. The van der Waals surface area contributed by atoms with Gasteiger partial charge in [-0.05, 0) is 12.5 Å². The van der Waals surface area contributed by atoms with E-state index < -0.39 is 40.9 Å². The van der Waals surface area contributed by atoms with E-state index in [4.69, 9.17) is 10.8 Å². The molecular formula is C11H11F2NO4. The quantitative estimate of drug-likeness (QED) is 0.632. The van der Waals surface area contributed by atoms with Gasteiger partial charge >= 0.3 is 11.9 Å². The van der Waals surface area contributed by atoms with E-state index in [1.54, 1.807) is 0 Å². The van der Waals surface area contributed by atoms with Gasteiger partial charge in [0.05, 0.1) is 11.3 Å². The summed E-state index contributed by atoms with van der Waals surface area (Å²) >= 11 is 0. The van der Waals surface area contributed by atoms with Crippen molar-refractivity contribution in [1.82, 2.24) is 0 Å². The molecular weight excluding hydrogens is 248 g/mol. The van der Waals surface area contributed by atoms with Gasteiger partial charge in [-0.25, -0.2) is 18.4 Å². The number of hydrogen-bond donors (Lipinski definition) is 2. The Hall–Kier alpha value is -2.18. The van der Waals surface area contributed by atoms with Crippen molar-refractivity contribution < 1.29 is 28.2 Å². The Labute approximate surface area is 101 Å². The van der Waals surface area contributed by atoms with Crippen molar-refractivity contribution in [3.8, 4) is 0 Å². The van der Waals surface area contributed by atoms with Crippen LogP contribution in [-0.2, 0) is 9.53 Å². The van der Waals surface area contributed by atoms with Gasteiger partial charge in [0, 0.05) is 6.07 Å². The maximum Gasteiger partial charge on any atom is 0.345 e. The van der Waals surface area contributed by atoms with E-state index in [2.05, 4.69) is 4.74 Å². The van der Waals surface area contributed by atoms with E-state index in [1.807, 2.05) is 0 Å². The summed E-state index contributed by atoms with van der Waals surface area (Å²) in [5.41, 5.74) is 3.96. The van der Waals surface area contributed by atoms with Crippen molar-refractivity contribution >= 4 is 17.6 Å². The number of nitrogens with two attached hydrogens (primary N) is 1. The fraction of sp³-hybridized carbons (Fsp3) is 0.273. The van der Waals surface area contributed by atoms with E-state index in [9.17, 15) is 18.4 Å². The molecule has 0 spiro atoms. The van der Waals surface area contributed by atoms with Crippen LogP contribution in [0.1, 0.15) is 23.7 Å². The SMILES string of the molecule is CCC(OC(=O)c1cc(F)c(N)cc1F)C(=O)O. The van der Waals surface area contributed by atoms with Gasteiger partial charge in [0.1, 0.15) is 11.6 Å². The summed E-state index contributed by atoms with van der Waals surface area (Å²) in [5.74, 6) is -4.66. The molecule has 0 saturated heterocycles. The van der Waals surface area contributed by atoms with Crippen molar-refractivity contribution in [1.29, 1.82) is 0 Å². The number of rotatable bonds is 4. The number of halogens is 2. The Bertz CT molecular complexity index is 490. The summed E-state index contributed by atoms with van der Waals surface area (Å²) in [6.45, 7) is 1.48. The number of carboxylic acid groups (broad SMARTS) is 1. The number of carboxylic acids is 1. The molecule has 0 aliphatic heterocycles. The van der Waals surface area contributed by atoms with Crippen LogP contribution in [0.2, 0.25) is 0 Å². The first-order chi connectivity index (χ1) is 8.36. The summed E-state index contributed by atoms with van der Waals surface area (Å²) in [6.07, 6.45) is -1.39. The van der Waals surface area contributed by atoms with Crippen LogP contribution in [0.25, 0.3) is 0 Å². The second kappa shape index (κ2) is 5.44. The molecule has 18 heavy (non-hydrogen) atoms. The highest BCUT2D eigenvalue weighted by atomic mass is 19.1. The third-order valence-corrected chi connectivity index (χ3v) is 2.20. The highest BCUT2D eigenvalue weighted by Crippen LogP contribution is 2.18. The summed E-state index contributed by atoms with van der Waals surface area (Å²) in [5, 5.41) is 8.67. The summed E-state index contributed by atoms with van der Waals surface area (Å²) in [4.78, 5) is 22.1. The predicted octanol–water partition coefficient (Wildman–Crippen LogP) is 1.57. The van der Waals surface area contributed by atoms with Crippen LogP contribution in [0.5, 0.6) is 0 Å². The number of carbonyl (C=O) groups excluding carboxylic acids is 1. The standard InChI is InChI=1S/C11H11F2NO4/c1-2-9(10(15)16)18-11(17)5-3-7(13)8(14)4-6(5)12/h3-4,9H,2,14H2,1H3,(H,15,16). The number of aliphatic carboxylic acids is 1.